The van der Waals surface area contributed by atoms with Gasteiger partial charge in [0, 0.05) is 19.8 Å². The number of carbonyl (C=O) groups is 1. The molecule has 3 N–H and O–H groups in total. The molecule has 8 nitrogen and oxygen atoms in total. The van der Waals surface area contributed by atoms with Gasteiger partial charge in [-0.05, 0) is 18.2 Å². The fourth-order valence-electron chi connectivity index (χ4n) is 1.69. The largest absolute Gasteiger partial charge is 0.478 e. The molecule has 2 rings (SSSR count). The zero-order valence-electron chi connectivity index (χ0n) is 11.4. The number of hydrogen-bond acceptors (Lipinski definition) is 5. The molecular weight excluding hydrogens is 296 g/mol. The summed E-state index contributed by atoms with van der Waals surface area (Å²) in [6.45, 7) is 0. The highest BCUT2D eigenvalue weighted by Crippen LogP contribution is 2.21. The molecule has 0 bridgehead atoms. The van der Waals surface area contributed by atoms with Crippen molar-refractivity contribution in [2.75, 3.05) is 23.7 Å². The van der Waals surface area contributed by atoms with E-state index in [4.69, 9.17) is 5.11 Å². The Labute approximate surface area is 121 Å². The van der Waals surface area contributed by atoms with E-state index in [-0.39, 0.29) is 0 Å². The van der Waals surface area contributed by atoms with Crippen LogP contribution in [0.3, 0.4) is 0 Å². The van der Waals surface area contributed by atoms with Gasteiger partial charge in [0.15, 0.2) is 5.03 Å². The van der Waals surface area contributed by atoms with Crippen LogP contribution in [0.4, 0.5) is 11.4 Å². The zero-order chi connectivity index (χ0) is 15.6. The van der Waals surface area contributed by atoms with Gasteiger partial charge in [-0.15, -0.1) is 0 Å². The number of hydrogen-bond donors (Lipinski definition) is 3. The number of aromatic carboxylic acids is 1. The summed E-state index contributed by atoms with van der Waals surface area (Å²) in [6, 6.07) is 6.71. The first-order valence-corrected chi connectivity index (χ1v) is 7.36. The van der Waals surface area contributed by atoms with Gasteiger partial charge in [0.05, 0.1) is 11.9 Å². The van der Waals surface area contributed by atoms with Gasteiger partial charge in [-0.1, -0.05) is 6.07 Å². The Balaban J connectivity index is 2.36. The van der Waals surface area contributed by atoms with Crippen molar-refractivity contribution in [1.82, 2.24) is 10.2 Å². The van der Waals surface area contributed by atoms with Gasteiger partial charge in [0.2, 0.25) is 0 Å². The van der Waals surface area contributed by atoms with Crippen LogP contribution in [0.15, 0.2) is 35.5 Å². The third-order valence-electron chi connectivity index (χ3n) is 2.72. The molecule has 112 valence electrons. The molecule has 0 spiro atoms. The van der Waals surface area contributed by atoms with Gasteiger partial charge in [-0.2, -0.15) is 13.5 Å². The lowest BCUT2D eigenvalue weighted by Gasteiger charge is -2.14. The maximum Gasteiger partial charge on any atom is 0.340 e. The van der Waals surface area contributed by atoms with Gasteiger partial charge < -0.3 is 10.0 Å². The Bertz CT molecular complexity index is 767. The molecule has 1 aromatic heterocycles. The third-order valence-corrected chi connectivity index (χ3v) is 4.07. The molecule has 0 aliphatic rings. The van der Waals surface area contributed by atoms with Crippen LogP contribution < -0.4 is 9.62 Å². The molecule has 2 aromatic rings. The topological polar surface area (TPSA) is 115 Å². The van der Waals surface area contributed by atoms with Gasteiger partial charge in [-0.3, -0.25) is 9.82 Å². The maximum absolute atomic E-state index is 12.2. The molecule has 9 heteroatoms. The Morgan fingerprint density at radius 3 is 2.71 bits per heavy atom. The molecule has 21 heavy (non-hydrogen) atoms. The van der Waals surface area contributed by atoms with Crippen LogP contribution >= 0.6 is 0 Å². The lowest BCUT2D eigenvalue weighted by atomic mass is 10.3. The van der Waals surface area contributed by atoms with E-state index in [1.807, 2.05) is 25.1 Å². The van der Waals surface area contributed by atoms with Gasteiger partial charge in [0.1, 0.15) is 5.56 Å². The smallest absolute Gasteiger partial charge is 0.340 e. The lowest BCUT2D eigenvalue weighted by Crippen LogP contribution is -2.17. The number of nitrogens with one attached hydrogen (secondary N) is 2. The van der Waals surface area contributed by atoms with Gasteiger partial charge in [-0.25, -0.2) is 4.79 Å². The number of carboxylic acids is 1. The van der Waals surface area contributed by atoms with Crippen LogP contribution in [-0.2, 0) is 10.0 Å². The summed E-state index contributed by atoms with van der Waals surface area (Å²) in [6.07, 6.45) is 0.952. The van der Waals surface area contributed by atoms with E-state index in [2.05, 4.69) is 14.9 Å². The van der Waals surface area contributed by atoms with Crippen molar-refractivity contribution in [3.8, 4) is 0 Å². The number of aromatic amines is 1. The molecule has 0 fully saturated rings. The second kappa shape index (κ2) is 5.44. The molecule has 0 saturated heterocycles. The second-order valence-electron chi connectivity index (χ2n) is 4.47. The van der Waals surface area contributed by atoms with Crippen LogP contribution in [0.5, 0.6) is 0 Å². The first kappa shape index (κ1) is 14.9. The number of nitrogens with zero attached hydrogens (tertiary/aromatic N) is 2. The molecule has 0 saturated carbocycles. The molecule has 0 unspecified atom stereocenters. The number of benzene rings is 1. The Hall–Kier alpha value is -2.55. The van der Waals surface area contributed by atoms with E-state index in [0.29, 0.717) is 5.69 Å². The molecule has 1 heterocycles. The van der Waals surface area contributed by atoms with E-state index in [1.165, 1.54) is 0 Å². The minimum Gasteiger partial charge on any atom is -0.478 e. The number of carboxylic acid groups (broad SMARTS) is 1. The minimum atomic E-state index is -4.06. The molecule has 0 radical (unpaired) electrons. The minimum absolute atomic E-state index is 0.326. The highest BCUT2D eigenvalue weighted by Gasteiger charge is 2.24. The van der Waals surface area contributed by atoms with Gasteiger partial charge >= 0.3 is 5.97 Å². The van der Waals surface area contributed by atoms with Crippen molar-refractivity contribution in [2.24, 2.45) is 0 Å². The van der Waals surface area contributed by atoms with Crippen molar-refractivity contribution < 1.29 is 18.3 Å². The highest BCUT2D eigenvalue weighted by atomic mass is 32.2. The number of aromatic nitrogens is 2. The van der Waals surface area contributed by atoms with Crippen LogP contribution in [0.1, 0.15) is 10.4 Å². The summed E-state index contributed by atoms with van der Waals surface area (Å²) < 4.78 is 26.7. The average molecular weight is 310 g/mol. The SMILES string of the molecule is CN(C)c1cccc(NS(=O)(=O)c2[nH]ncc2C(=O)O)c1. The van der Waals surface area contributed by atoms with E-state index >= 15 is 0 Å². The average Bonchev–Trinajstić information content (AvgIpc) is 2.88. The summed E-state index contributed by atoms with van der Waals surface area (Å²) in [5.41, 5.74) is 0.719. The fraction of sp³-hybridized carbons (Fsp3) is 0.167. The Morgan fingerprint density at radius 1 is 1.38 bits per heavy atom. The predicted molar refractivity (Wildman–Crippen MR) is 77.1 cm³/mol. The van der Waals surface area contributed by atoms with Crippen molar-refractivity contribution in [1.29, 1.82) is 0 Å². The standard InChI is InChI=1S/C12H14N4O4S/c1-16(2)9-5-3-4-8(6-9)15-21(19,20)11-10(12(17)18)7-13-14-11/h3-7,15H,1-2H3,(H,13,14)(H,17,18). The van der Waals surface area contributed by atoms with Crippen LogP contribution in [-0.4, -0.2) is 43.8 Å². The van der Waals surface area contributed by atoms with Crippen molar-refractivity contribution >= 4 is 27.4 Å². The lowest BCUT2D eigenvalue weighted by molar-refractivity contribution is 0.0692. The summed E-state index contributed by atoms with van der Waals surface area (Å²) in [5, 5.41) is 14.1. The number of anilines is 2. The number of rotatable bonds is 5. The third kappa shape index (κ3) is 3.14. The maximum atomic E-state index is 12.2. The van der Waals surface area contributed by atoms with Crippen molar-refractivity contribution in [3.05, 3.63) is 36.0 Å². The Morgan fingerprint density at radius 2 is 2.10 bits per heavy atom. The molecule has 0 aliphatic carbocycles. The summed E-state index contributed by atoms with van der Waals surface area (Å²) in [7, 11) is -0.407. The monoisotopic (exact) mass is 310 g/mol. The number of H-pyrrole nitrogens is 1. The zero-order valence-corrected chi connectivity index (χ0v) is 12.2. The first-order valence-electron chi connectivity index (χ1n) is 5.88. The van der Waals surface area contributed by atoms with Crippen LogP contribution in [0.25, 0.3) is 0 Å². The molecule has 0 atom stereocenters. The van der Waals surface area contributed by atoms with Crippen LogP contribution in [0, 0.1) is 0 Å². The van der Waals surface area contributed by atoms with E-state index < -0.39 is 26.6 Å². The summed E-state index contributed by atoms with van der Waals surface area (Å²) in [4.78, 5) is 12.8. The quantitative estimate of drug-likeness (QED) is 0.758. The highest BCUT2D eigenvalue weighted by molar-refractivity contribution is 7.92. The number of sulfonamides is 1. The molecule has 0 aliphatic heterocycles. The predicted octanol–water partition coefficient (Wildman–Crippen LogP) is 0.975. The summed E-state index contributed by atoms with van der Waals surface area (Å²) >= 11 is 0. The second-order valence-corrected chi connectivity index (χ2v) is 6.09. The van der Waals surface area contributed by atoms with Crippen molar-refractivity contribution in [3.63, 3.8) is 0 Å². The molecule has 1 aromatic carbocycles. The van der Waals surface area contributed by atoms with Crippen molar-refractivity contribution in [2.45, 2.75) is 5.03 Å². The molecular formula is C12H14N4O4S. The summed E-state index contributed by atoms with van der Waals surface area (Å²) in [5.74, 6) is -1.37. The van der Waals surface area contributed by atoms with Gasteiger partial charge in [0.25, 0.3) is 10.0 Å². The van der Waals surface area contributed by atoms with E-state index in [0.717, 1.165) is 11.9 Å². The Kier molecular flexibility index (Phi) is 3.85. The van der Waals surface area contributed by atoms with E-state index in [1.54, 1.807) is 18.2 Å². The normalized spacial score (nSPS) is 11.1. The first-order chi connectivity index (χ1) is 9.81. The van der Waals surface area contributed by atoms with E-state index in [9.17, 15) is 13.2 Å². The molecule has 0 amide bonds. The fourth-order valence-corrected chi connectivity index (χ4v) is 2.83. The van der Waals surface area contributed by atoms with Crippen LogP contribution in [0.2, 0.25) is 0 Å².